The van der Waals surface area contributed by atoms with Gasteiger partial charge in [0.2, 0.25) is 0 Å². The molecule has 1 aliphatic heterocycles. The Morgan fingerprint density at radius 3 is 2.00 bits per heavy atom. The van der Waals surface area contributed by atoms with E-state index in [2.05, 4.69) is 39.2 Å². The van der Waals surface area contributed by atoms with Crippen molar-refractivity contribution in [1.29, 1.82) is 0 Å². The summed E-state index contributed by atoms with van der Waals surface area (Å²) in [5.41, 5.74) is -1.08. The van der Waals surface area contributed by atoms with Gasteiger partial charge in [-0.15, -0.1) is 0 Å². The van der Waals surface area contributed by atoms with Crippen molar-refractivity contribution in [2.45, 2.75) is 136 Å². The Morgan fingerprint density at radius 1 is 1.00 bits per heavy atom. The van der Waals surface area contributed by atoms with E-state index in [1.54, 1.807) is 0 Å². The number of nitrogens with zero attached hydrogens (tertiary/aromatic N) is 1. The zero-order valence-electron chi connectivity index (χ0n) is 22.5. The third-order valence-corrected chi connectivity index (χ3v) is 10.5. The van der Waals surface area contributed by atoms with Crippen molar-refractivity contribution >= 4 is 20.5 Å². The number of hydrogen-bond donors (Lipinski definition) is 1. The second-order valence-electron chi connectivity index (χ2n) is 12.6. The lowest BCUT2D eigenvalue weighted by Gasteiger charge is -2.38. The monoisotopic (exact) mass is 472 g/mol. The lowest BCUT2D eigenvalue weighted by atomic mass is 10.0. The minimum atomic E-state index is -1.95. The number of nitrogens with one attached hydrogen (secondary N) is 1. The van der Waals surface area contributed by atoms with Gasteiger partial charge in [0.15, 0.2) is 8.32 Å². The first-order valence-corrected chi connectivity index (χ1v) is 14.8. The zero-order valence-corrected chi connectivity index (χ0v) is 23.5. The summed E-state index contributed by atoms with van der Waals surface area (Å²) < 4.78 is 17.7. The molecular weight excluding hydrogens is 424 g/mol. The molecule has 1 rings (SSSR count). The molecule has 0 aliphatic carbocycles. The van der Waals surface area contributed by atoms with Crippen molar-refractivity contribution in [3.8, 4) is 0 Å². The largest absolute Gasteiger partial charge is 0.444 e. The van der Waals surface area contributed by atoms with Crippen LogP contribution in [0, 0.1) is 0 Å². The van der Waals surface area contributed by atoms with Crippen LogP contribution in [0.25, 0.3) is 0 Å². The van der Waals surface area contributed by atoms with Crippen molar-refractivity contribution in [2.75, 3.05) is 6.54 Å². The quantitative estimate of drug-likeness (QED) is 0.474. The molecule has 2 amide bonds. The summed E-state index contributed by atoms with van der Waals surface area (Å²) in [7, 11) is -1.95. The van der Waals surface area contributed by atoms with Crippen molar-refractivity contribution in [3.63, 3.8) is 0 Å². The van der Waals surface area contributed by atoms with Gasteiger partial charge in [-0.05, 0) is 85.9 Å². The topological polar surface area (TPSA) is 77.1 Å². The molecule has 7 nitrogen and oxygen atoms in total. The average Bonchev–Trinajstić information content (AvgIpc) is 2.90. The summed E-state index contributed by atoms with van der Waals surface area (Å²) in [4.78, 5) is 26.8. The molecule has 1 fully saturated rings. The third kappa shape index (κ3) is 9.69. The number of amides is 2. The Hall–Kier alpha value is -1.28. The standard InChI is InChI=1S/C24H48N2O5Si/c1-17(25-20(27)29-22(2,3)4)13-14-18-15-19(31-32(11,12)24(8,9)10)16-26(18)21(28)30-23(5,6)7/h17-19H,13-16H2,1-12H3,(H,25,27). The molecule has 3 unspecified atom stereocenters. The molecule has 0 radical (unpaired) electrons. The minimum Gasteiger partial charge on any atom is -0.444 e. The van der Waals surface area contributed by atoms with Gasteiger partial charge in [0, 0.05) is 18.6 Å². The van der Waals surface area contributed by atoms with Crippen molar-refractivity contribution in [1.82, 2.24) is 10.2 Å². The Balaban J connectivity index is 2.82. The first-order chi connectivity index (χ1) is 14.2. The van der Waals surface area contributed by atoms with Gasteiger partial charge < -0.3 is 24.1 Å². The summed E-state index contributed by atoms with van der Waals surface area (Å²) in [6.45, 7) is 24.8. The van der Waals surface area contributed by atoms with E-state index in [1.807, 2.05) is 53.4 Å². The lowest BCUT2D eigenvalue weighted by Crippen LogP contribution is -2.45. The second-order valence-corrected chi connectivity index (χ2v) is 17.4. The van der Waals surface area contributed by atoms with Crippen LogP contribution in [0.5, 0.6) is 0 Å². The van der Waals surface area contributed by atoms with Crippen LogP contribution < -0.4 is 5.32 Å². The molecule has 1 saturated heterocycles. The Morgan fingerprint density at radius 2 is 1.53 bits per heavy atom. The average molecular weight is 473 g/mol. The van der Waals surface area contributed by atoms with Crippen LogP contribution in [0.1, 0.15) is 88.5 Å². The number of hydrogen-bond acceptors (Lipinski definition) is 5. The van der Waals surface area contributed by atoms with Gasteiger partial charge >= 0.3 is 12.2 Å². The Bertz CT molecular complexity index is 646. The number of carbonyl (C=O) groups is 2. The van der Waals surface area contributed by atoms with Gasteiger partial charge in [-0.1, -0.05) is 20.8 Å². The molecule has 1 heterocycles. The summed E-state index contributed by atoms with van der Waals surface area (Å²) >= 11 is 0. The van der Waals surface area contributed by atoms with E-state index in [9.17, 15) is 9.59 Å². The normalized spacial score (nSPS) is 21.3. The molecule has 8 heteroatoms. The maximum Gasteiger partial charge on any atom is 0.410 e. The van der Waals surface area contributed by atoms with Gasteiger partial charge in [0.05, 0.1) is 6.10 Å². The third-order valence-electron chi connectivity index (χ3n) is 5.97. The number of likely N-dealkylation sites (tertiary alicyclic amines) is 1. The van der Waals surface area contributed by atoms with Crippen LogP contribution >= 0.6 is 0 Å². The second kappa shape index (κ2) is 10.3. The SMILES string of the molecule is CC(CCC1CC(O[Si](C)(C)C(C)(C)C)CN1C(=O)OC(C)(C)C)NC(=O)OC(C)(C)C. The van der Waals surface area contributed by atoms with E-state index in [-0.39, 0.29) is 29.3 Å². The first kappa shape index (κ1) is 28.7. The number of carbonyl (C=O) groups excluding carboxylic acids is 2. The van der Waals surface area contributed by atoms with E-state index >= 15 is 0 Å². The highest BCUT2D eigenvalue weighted by Gasteiger charge is 2.44. The van der Waals surface area contributed by atoms with Crippen LogP contribution in [0.15, 0.2) is 0 Å². The highest BCUT2D eigenvalue weighted by Crippen LogP contribution is 2.39. The zero-order chi connectivity index (χ0) is 25.1. The fourth-order valence-electron chi connectivity index (χ4n) is 3.39. The number of ether oxygens (including phenoxy) is 2. The smallest absolute Gasteiger partial charge is 0.410 e. The Labute approximate surface area is 197 Å². The molecule has 32 heavy (non-hydrogen) atoms. The summed E-state index contributed by atoms with van der Waals surface area (Å²) in [6.07, 6.45) is 1.56. The fraction of sp³-hybridized carbons (Fsp3) is 0.917. The number of alkyl carbamates (subject to hydrolysis) is 1. The van der Waals surface area contributed by atoms with Crippen LogP contribution in [0.4, 0.5) is 9.59 Å². The lowest BCUT2D eigenvalue weighted by molar-refractivity contribution is 0.0199. The van der Waals surface area contributed by atoms with Gasteiger partial charge in [-0.3, -0.25) is 0 Å². The molecule has 188 valence electrons. The van der Waals surface area contributed by atoms with E-state index in [0.717, 1.165) is 19.3 Å². The van der Waals surface area contributed by atoms with E-state index in [4.69, 9.17) is 13.9 Å². The fourth-order valence-corrected chi connectivity index (χ4v) is 4.75. The highest BCUT2D eigenvalue weighted by molar-refractivity contribution is 6.74. The molecule has 0 aromatic rings. The summed E-state index contributed by atoms with van der Waals surface area (Å²) in [5, 5.41) is 3.00. The molecule has 0 aromatic carbocycles. The molecular formula is C24H48N2O5Si. The highest BCUT2D eigenvalue weighted by atomic mass is 28.4. The van der Waals surface area contributed by atoms with E-state index < -0.39 is 25.6 Å². The van der Waals surface area contributed by atoms with E-state index in [1.165, 1.54) is 0 Å². The van der Waals surface area contributed by atoms with Gasteiger partial charge in [0.25, 0.3) is 0 Å². The van der Waals surface area contributed by atoms with Crippen LogP contribution in [0.2, 0.25) is 18.1 Å². The van der Waals surface area contributed by atoms with Crippen molar-refractivity contribution in [2.24, 2.45) is 0 Å². The molecule has 0 aromatic heterocycles. The molecule has 1 aliphatic rings. The first-order valence-electron chi connectivity index (χ1n) is 11.9. The van der Waals surface area contributed by atoms with E-state index in [0.29, 0.717) is 6.54 Å². The van der Waals surface area contributed by atoms with Gasteiger partial charge in [0.1, 0.15) is 11.2 Å². The molecule has 0 saturated carbocycles. The summed E-state index contributed by atoms with van der Waals surface area (Å²) in [6, 6.07) is -0.0480. The van der Waals surface area contributed by atoms with Crippen LogP contribution in [-0.2, 0) is 13.9 Å². The number of rotatable bonds is 6. The van der Waals surface area contributed by atoms with Crippen molar-refractivity contribution in [3.05, 3.63) is 0 Å². The predicted molar refractivity (Wildman–Crippen MR) is 131 cm³/mol. The van der Waals surface area contributed by atoms with Gasteiger partial charge in [-0.25, -0.2) is 9.59 Å². The summed E-state index contributed by atoms with van der Waals surface area (Å²) in [5.74, 6) is 0. The van der Waals surface area contributed by atoms with Gasteiger partial charge in [-0.2, -0.15) is 0 Å². The molecule has 0 bridgehead atoms. The molecule has 1 N–H and O–H groups in total. The predicted octanol–water partition coefficient (Wildman–Crippen LogP) is 6.08. The van der Waals surface area contributed by atoms with Crippen molar-refractivity contribution < 1.29 is 23.5 Å². The Kier molecular flexibility index (Phi) is 9.28. The maximum absolute atomic E-state index is 12.9. The molecule has 0 spiro atoms. The van der Waals surface area contributed by atoms with Crippen LogP contribution in [-0.4, -0.2) is 61.3 Å². The minimum absolute atomic E-state index is 0.00234. The maximum atomic E-state index is 12.9. The molecule has 3 atom stereocenters. The van der Waals surface area contributed by atoms with Crippen LogP contribution in [0.3, 0.4) is 0 Å².